The molecule has 0 radical (unpaired) electrons. The Balaban J connectivity index is 1.70. The lowest BCUT2D eigenvalue weighted by Gasteiger charge is -2.15. The van der Waals surface area contributed by atoms with Crippen molar-refractivity contribution < 1.29 is 4.79 Å². The summed E-state index contributed by atoms with van der Waals surface area (Å²) in [4.78, 5) is 24.5. The quantitative estimate of drug-likeness (QED) is 0.878. The van der Waals surface area contributed by atoms with Crippen molar-refractivity contribution in [1.29, 1.82) is 0 Å². The Kier molecular flexibility index (Phi) is 5.08. The molecule has 1 aromatic heterocycles. The summed E-state index contributed by atoms with van der Waals surface area (Å²) in [7, 11) is 0. The van der Waals surface area contributed by atoms with Crippen LogP contribution in [0.1, 0.15) is 49.0 Å². The zero-order valence-corrected chi connectivity index (χ0v) is 14.0. The van der Waals surface area contributed by atoms with Crippen LogP contribution in [-0.4, -0.2) is 15.7 Å². The summed E-state index contributed by atoms with van der Waals surface area (Å²) in [6.07, 6.45) is 5.16. The SMILES string of the molecule is CC(NC(=O)Cn1nc2c(cc1=O)CCCCC2)c1ccccc1. The number of nitrogens with zero attached hydrogens (tertiary/aromatic N) is 2. The Morgan fingerprint density at radius 1 is 1.21 bits per heavy atom. The minimum absolute atomic E-state index is 0.0384. The van der Waals surface area contributed by atoms with E-state index in [1.165, 1.54) is 11.1 Å². The second-order valence-electron chi connectivity index (χ2n) is 6.37. The number of amides is 1. The van der Waals surface area contributed by atoms with Crippen LogP contribution in [0.4, 0.5) is 0 Å². The van der Waals surface area contributed by atoms with Gasteiger partial charge in [0.2, 0.25) is 5.91 Å². The molecule has 1 atom stereocenters. The Hall–Kier alpha value is -2.43. The molecule has 1 heterocycles. The fourth-order valence-corrected chi connectivity index (χ4v) is 3.14. The van der Waals surface area contributed by atoms with Crippen molar-refractivity contribution in [3.63, 3.8) is 0 Å². The topological polar surface area (TPSA) is 64.0 Å². The van der Waals surface area contributed by atoms with E-state index < -0.39 is 0 Å². The maximum absolute atomic E-state index is 12.3. The van der Waals surface area contributed by atoms with Gasteiger partial charge in [-0.2, -0.15) is 5.10 Å². The maximum Gasteiger partial charge on any atom is 0.267 e. The standard InChI is InChI=1S/C19H23N3O2/c1-14(15-8-4-2-5-9-15)20-18(23)13-22-19(24)12-16-10-6-3-7-11-17(16)21-22/h2,4-5,8-9,12,14H,3,6-7,10-11,13H2,1H3,(H,20,23). The number of fused-ring (bicyclic) bond motifs is 1. The first kappa shape index (κ1) is 16.4. The van der Waals surface area contributed by atoms with Gasteiger partial charge in [-0.3, -0.25) is 9.59 Å². The number of rotatable bonds is 4. The Bertz CT molecular complexity index is 768. The van der Waals surface area contributed by atoms with Crippen LogP contribution >= 0.6 is 0 Å². The van der Waals surface area contributed by atoms with Gasteiger partial charge in [-0.15, -0.1) is 0 Å². The zero-order valence-electron chi connectivity index (χ0n) is 14.0. The fraction of sp³-hybridized carbons (Fsp3) is 0.421. The number of benzene rings is 1. The van der Waals surface area contributed by atoms with Gasteiger partial charge in [0.25, 0.3) is 5.56 Å². The summed E-state index contributed by atoms with van der Waals surface area (Å²) in [6.45, 7) is 1.89. The highest BCUT2D eigenvalue weighted by atomic mass is 16.2. The number of aryl methyl sites for hydroxylation is 2. The molecule has 0 spiro atoms. The first-order chi connectivity index (χ1) is 11.6. The smallest absolute Gasteiger partial charge is 0.267 e. The summed E-state index contributed by atoms with van der Waals surface area (Å²) < 4.78 is 1.29. The minimum atomic E-state index is -0.200. The number of carbonyl (C=O) groups is 1. The number of carbonyl (C=O) groups excluding carboxylic acids is 1. The van der Waals surface area contributed by atoms with E-state index in [2.05, 4.69) is 10.4 Å². The van der Waals surface area contributed by atoms with E-state index >= 15 is 0 Å². The van der Waals surface area contributed by atoms with Gasteiger partial charge in [0.1, 0.15) is 6.54 Å². The summed E-state index contributed by atoms with van der Waals surface area (Å²) in [6, 6.07) is 11.3. The molecule has 0 saturated carbocycles. The highest BCUT2D eigenvalue weighted by molar-refractivity contribution is 5.76. The number of aromatic nitrogens is 2. The summed E-state index contributed by atoms with van der Waals surface area (Å²) >= 11 is 0. The first-order valence-corrected chi connectivity index (χ1v) is 8.58. The van der Waals surface area contributed by atoms with Gasteiger partial charge in [-0.25, -0.2) is 4.68 Å². The normalized spacial score (nSPS) is 15.2. The van der Waals surface area contributed by atoms with E-state index in [1.54, 1.807) is 6.07 Å². The molecule has 1 N–H and O–H groups in total. The van der Waals surface area contributed by atoms with Gasteiger partial charge in [0.05, 0.1) is 11.7 Å². The van der Waals surface area contributed by atoms with Gasteiger partial charge >= 0.3 is 0 Å². The molecule has 1 unspecified atom stereocenters. The third kappa shape index (κ3) is 3.91. The molecular formula is C19H23N3O2. The Morgan fingerprint density at radius 3 is 2.75 bits per heavy atom. The molecule has 1 aliphatic rings. The van der Waals surface area contributed by atoms with E-state index in [0.29, 0.717) is 0 Å². The second kappa shape index (κ2) is 7.43. The molecule has 1 aromatic carbocycles. The van der Waals surface area contributed by atoms with Crippen LogP contribution < -0.4 is 10.9 Å². The van der Waals surface area contributed by atoms with Crippen molar-refractivity contribution in [1.82, 2.24) is 15.1 Å². The summed E-state index contributed by atoms with van der Waals surface area (Å²) in [5, 5.41) is 7.36. The molecule has 2 aromatic rings. The van der Waals surface area contributed by atoms with Crippen LogP contribution in [-0.2, 0) is 24.2 Å². The van der Waals surface area contributed by atoms with Crippen LogP contribution in [0, 0.1) is 0 Å². The predicted molar refractivity (Wildman–Crippen MR) is 92.8 cm³/mol. The van der Waals surface area contributed by atoms with Gasteiger partial charge in [-0.1, -0.05) is 36.8 Å². The lowest BCUT2D eigenvalue weighted by Crippen LogP contribution is -2.35. The molecule has 24 heavy (non-hydrogen) atoms. The third-order valence-corrected chi connectivity index (χ3v) is 4.49. The molecule has 5 nitrogen and oxygen atoms in total. The van der Waals surface area contributed by atoms with Crippen LogP contribution in [0.3, 0.4) is 0 Å². The van der Waals surface area contributed by atoms with Crippen molar-refractivity contribution >= 4 is 5.91 Å². The number of hydrogen-bond acceptors (Lipinski definition) is 3. The molecule has 126 valence electrons. The lowest BCUT2D eigenvalue weighted by atomic mass is 10.1. The van der Waals surface area contributed by atoms with Gasteiger partial charge in [0, 0.05) is 6.07 Å². The molecule has 0 fully saturated rings. The highest BCUT2D eigenvalue weighted by Crippen LogP contribution is 2.17. The van der Waals surface area contributed by atoms with E-state index in [1.807, 2.05) is 37.3 Å². The van der Waals surface area contributed by atoms with Gasteiger partial charge in [0.15, 0.2) is 0 Å². The first-order valence-electron chi connectivity index (χ1n) is 8.58. The lowest BCUT2D eigenvalue weighted by molar-refractivity contribution is -0.122. The van der Waals surface area contributed by atoms with Crippen LogP contribution in [0.25, 0.3) is 0 Å². The molecule has 3 rings (SSSR count). The van der Waals surface area contributed by atoms with E-state index in [9.17, 15) is 9.59 Å². The Labute approximate surface area is 141 Å². The fourth-order valence-electron chi connectivity index (χ4n) is 3.14. The number of hydrogen-bond donors (Lipinski definition) is 1. The van der Waals surface area contributed by atoms with Gasteiger partial charge < -0.3 is 5.32 Å². The molecule has 0 bridgehead atoms. The van der Waals surface area contributed by atoms with E-state index in [0.717, 1.165) is 42.5 Å². The molecule has 1 amide bonds. The maximum atomic E-state index is 12.3. The van der Waals surface area contributed by atoms with Crippen LogP contribution in [0.2, 0.25) is 0 Å². The molecule has 0 aliphatic heterocycles. The highest BCUT2D eigenvalue weighted by Gasteiger charge is 2.15. The van der Waals surface area contributed by atoms with Gasteiger partial charge in [-0.05, 0) is 43.7 Å². The molecular weight excluding hydrogens is 302 g/mol. The summed E-state index contributed by atoms with van der Waals surface area (Å²) in [5.41, 5.74) is 2.86. The molecule has 1 aliphatic carbocycles. The molecule has 5 heteroatoms. The van der Waals surface area contributed by atoms with Crippen molar-refractivity contribution in [2.24, 2.45) is 0 Å². The van der Waals surface area contributed by atoms with Crippen molar-refractivity contribution in [3.8, 4) is 0 Å². The summed E-state index contributed by atoms with van der Waals surface area (Å²) in [5.74, 6) is -0.200. The van der Waals surface area contributed by atoms with Crippen molar-refractivity contribution in [2.45, 2.75) is 51.6 Å². The van der Waals surface area contributed by atoms with Crippen molar-refractivity contribution in [3.05, 3.63) is 63.6 Å². The largest absolute Gasteiger partial charge is 0.348 e. The monoisotopic (exact) mass is 325 g/mol. The van der Waals surface area contributed by atoms with Crippen molar-refractivity contribution in [2.75, 3.05) is 0 Å². The number of nitrogens with one attached hydrogen (secondary N) is 1. The van der Waals surface area contributed by atoms with Crippen LogP contribution in [0.15, 0.2) is 41.2 Å². The average molecular weight is 325 g/mol. The average Bonchev–Trinajstić information content (AvgIpc) is 2.81. The third-order valence-electron chi connectivity index (χ3n) is 4.49. The zero-order chi connectivity index (χ0) is 16.9. The van der Waals surface area contributed by atoms with E-state index in [4.69, 9.17) is 0 Å². The Morgan fingerprint density at radius 2 is 1.96 bits per heavy atom. The minimum Gasteiger partial charge on any atom is -0.348 e. The molecule has 0 saturated heterocycles. The van der Waals surface area contributed by atoms with Crippen LogP contribution in [0.5, 0.6) is 0 Å². The predicted octanol–water partition coefficient (Wildman–Crippen LogP) is 2.39. The van der Waals surface area contributed by atoms with E-state index in [-0.39, 0.29) is 24.1 Å². The second-order valence-corrected chi connectivity index (χ2v) is 6.37.